The van der Waals surface area contributed by atoms with Crippen molar-refractivity contribution >= 4 is 11.5 Å². The number of carbonyl (C=O) groups is 1. The molecule has 2 aromatic carbocycles. The lowest BCUT2D eigenvalue weighted by Crippen LogP contribution is -3.13. The van der Waals surface area contributed by atoms with E-state index >= 15 is 0 Å². The summed E-state index contributed by atoms with van der Waals surface area (Å²) in [5.74, 6) is 0.123. The fourth-order valence-electron chi connectivity index (χ4n) is 3.20. The minimum absolute atomic E-state index is 0.0540. The van der Waals surface area contributed by atoms with Gasteiger partial charge in [0.1, 0.15) is 0 Å². The number of benzene rings is 2. The maximum atomic E-state index is 12.3. The number of carbonyl (C=O) groups excluding carboxylic acids is 1. The molecule has 3 heteroatoms. The lowest BCUT2D eigenvalue weighted by atomic mass is 9.99. The molecule has 1 unspecified atom stereocenters. The Hall–Kier alpha value is -2.39. The largest absolute Gasteiger partial charge is 0.345 e. The molecule has 124 valence electrons. The van der Waals surface area contributed by atoms with Gasteiger partial charge >= 0.3 is 0 Å². The summed E-state index contributed by atoms with van der Waals surface area (Å²) in [5.41, 5.74) is 3.85. The molecule has 0 radical (unpaired) electrons. The quantitative estimate of drug-likeness (QED) is 0.870. The van der Waals surface area contributed by atoms with Gasteiger partial charge in [0.25, 0.3) is 5.91 Å². The highest BCUT2D eigenvalue weighted by atomic mass is 16.2. The van der Waals surface area contributed by atoms with Crippen LogP contribution in [0.25, 0.3) is 5.57 Å². The van der Waals surface area contributed by atoms with Crippen LogP contribution < -0.4 is 10.2 Å². The predicted molar refractivity (Wildman–Crippen MR) is 97.6 cm³/mol. The minimum atomic E-state index is 0.0540. The first-order valence-corrected chi connectivity index (χ1v) is 8.64. The van der Waals surface area contributed by atoms with Crippen LogP contribution in [0.15, 0.2) is 66.7 Å². The molecule has 0 aliphatic carbocycles. The fourth-order valence-corrected chi connectivity index (χ4v) is 3.20. The normalized spacial score (nSPS) is 18.5. The minimum Gasteiger partial charge on any atom is -0.345 e. The fraction of sp³-hybridized carbons (Fsp3) is 0.286. The second kappa shape index (κ2) is 7.93. The van der Waals surface area contributed by atoms with Crippen molar-refractivity contribution in [2.24, 2.45) is 0 Å². The van der Waals surface area contributed by atoms with Gasteiger partial charge in [-0.3, -0.25) is 4.79 Å². The summed E-state index contributed by atoms with van der Waals surface area (Å²) in [7, 11) is 0. The summed E-state index contributed by atoms with van der Waals surface area (Å²) in [5, 5.41) is 3.11. The van der Waals surface area contributed by atoms with Crippen molar-refractivity contribution in [2.75, 3.05) is 19.6 Å². The van der Waals surface area contributed by atoms with Gasteiger partial charge in [0.15, 0.2) is 6.54 Å². The van der Waals surface area contributed by atoms with Crippen LogP contribution in [0.1, 0.15) is 30.5 Å². The van der Waals surface area contributed by atoms with Crippen molar-refractivity contribution in [1.29, 1.82) is 0 Å². The molecule has 3 rings (SSSR count). The van der Waals surface area contributed by atoms with Crippen molar-refractivity contribution in [3.8, 4) is 0 Å². The van der Waals surface area contributed by atoms with Crippen LogP contribution in [-0.4, -0.2) is 25.5 Å². The van der Waals surface area contributed by atoms with Gasteiger partial charge in [-0.15, -0.1) is 0 Å². The van der Waals surface area contributed by atoms with Gasteiger partial charge in [-0.1, -0.05) is 60.7 Å². The zero-order chi connectivity index (χ0) is 16.8. The summed E-state index contributed by atoms with van der Waals surface area (Å²) in [4.78, 5) is 13.6. The van der Waals surface area contributed by atoms with E-state index in [2.05, 4.69) is 35.7 Å². The molecule has 0 spiro atoms. The summed E-state index contributed by atoms with van der Waals surface area (Å²) in [6.07, 6.45) is 3.31. The first-order chi connectivity index (χ1) is 11.7. The zero-order valence-electron chi connectivity index (χ0n) is 14.2. The maximum Gasteiger partial charge on any atom is 0.275 e. The maximum absolute atomic E-state index is 12.3. The number of nitrogens with one attached hydrogen (secondary N) is 2. The second-order valence-electron chi connectivity index (χ2n) is 6.43. The van der Waals surface area contributed by atoms with Crippen LogP contribution in [0.4, 0.5) is 0 Å². The molecule has 0 saturated carbocycles. The van der Waals surface area contributed by atoms with Crippen molar-refractivity contribution in [2.45, 2.75) is 19.4 Å². The van der Waals surface area contributed by atoms with Gasteiger partial charge < -0.3 is 10.2 Å². The van der Waals surface area contributed by atoms with Gasteiger partial charge in [0.2, 0.25) is 0 Å². The molecular weight excluding hydrogens is 296 g/mol. The SMILES string of the molecule is C[C@@H](NC(=O)C[NH+]1CC=C(c2ccccc2)CC1)c1ccccc1. The van der Waals surface area contributed by atoms with E-state index in [1.165, 1.54) is 16.0 Å². The molecule has 0 bridgehead atoms. The summed E-state index contributed by atoms with van der Waals surface area (Å²) in [6, 6.07) is 20.7. The number of rotatable bonds is 5. The standard InChI is InChI=1S/C21H24N2O/c1-17(18-8-4-2-5-9-18)22-21(24)16-23-14-12-20(13-15-23)19-10-6-3-7-11-19/h2-12,17H,13-16H2,1H3,(H,22,24)/p+1/t17-/m1/s1. The smallest absolute Gasteiger partial charge is 0.275 e. The van der Waals surface area contributed by atoms with E-state index in [-0.39, 0.29) is 11.9 Å². The van der Waals surface area contributed by atoms with Gasteiger partial charge in [-0.05, 0) is 29.7 Å². The molecule has 1 heterocycles. The highest BCUT2D eigenvalue weighted by Gasteiger charge is 2.19. The highest BCUT2D eigenvalue weighted by molar-refractivity contribution is 5.77. The van der Waals surface area contributed by atoms with E-state index in [1.54, 1.807) is 0 Å². The zero-order valence-corrected chi connectivity index (χ0v) is 14.2. The van der Waals surface area contributed by atoms with E-state index in [9.17, 15) is 4.79 Å². The van der Waals surface area contributed by atoms with Crippen LogP contribution in [0, 0.1) is 0 Å². The highest BCUT2D eigenvalue weighted by Crippen LogP contribution is 2.17. The topological polar surface area (TPSA) is 33.5 Å². The molecule has 1 aliphatic heterocycles. The molecule has 3 nitrogen and oxygen atoms in total. The van der Waals surface area contributed by atoms with Crippen LogP contribution in [0.5, 0.6) is 0 Å². The first kappa shape index (κ1) is 16.5. The molecule has 24 heavy (non-hydrogen) atoms. The summed E-state index contributed by atoms with van der Waals surface area (Å²) >= 11 is 0. The second-order valence-corrected chi connectivity index (χ2v) is 6.43. The van der Waals surface area contributed by atoms with Crippen molar-refractivity contribution < 1.29 is 9.69 Å². The lowest BCUT2D eigenvalue weighted by molar-refractivity contribution is -0.886. The average Bonchev–Trinajstić information content (AvgIpc) is 2.64. The van der Waals surface area contributed by atoms with Crippen LogP contribution in [0.3, 0.4) is 0 Å². The Morgan fingerprint density at radius 1 is 1.08 bits per heavy atom. The number of amides is 1. The van der Waals surface area contributed by atoms with E-state index in [0.717, 1.165) is 25.1 Å². The Bertz CT molecular complexity index is 694. The van der Waals surface area contributed by atoms with Gasteiger partial charge in [-0.25, -0.2) is 0 Å². The molecule has 1 aliphatic rings. The molecule has 0 fully saturated rings. The molecule has 1 amide bonds. The van der Waals surface area contributed by atoms with Crippen LogP contribution in [0.2, 0.25) is 0 Å². The third-order valence-electron chi connectivity index (χ3n) is 4.62. The molecule has 2 atom stereocenters. The summed E-state index contributed by atoms with van der Waals surface area (Å²) in [6.45, 7) is 4.49. The lowest BCUT2D eigenvalue weighted by Gasteiger charge is -2.24. The van der Waals surface area contributed by atoms with E-state index in [1.807, 2.05) is 43.3 Å². The Morgan fingerprint density at radius 3 is 2.38 bits per heavy atom. The van der Waals surface area contributed by atoms with Gasteiger partial charge in [-0.2, -0.15) is 0 Å². The van der Waals surface area contributed by atoms with Gasteiger partial charge in [0, 0.05) is 6.42 Å². The Balaban J connectivity index is 1.51. The Kier molecular flexibility index (Phi) is 5.44. The van der Waals surface area contributed by atoms with Crippen molar-refractivity contribution in [1.82, 2.24) is 5.32 Å². The monoisotopic (exact) mass is 321 g/mol. The number of hydrogen-bond donors (Lipinski definition) is 2. The Morgan fingerprint density at radius 2 is 1.75 bits per heavy atom. The van der Waals surface area contributed by atoms with E-state index in [0.29, 0.717) is 6.54 Å². The molecule has 0 aromatic heterocycles. The molecule has 2 aromatic rings. The predicted octanol–water partition coefficient (Wildman–Crippen LogP) is 2.24. The van der Waals surface area contributed by atoms with Crippen LogP contribution in [-0.2, 0) is 4.79 Å². The number of quaternary nitrogens is 1. The molecule has 0 saturated heterocycles. The molecule has 2 N–H and O–H groups in total. The van der Waals surface area contributed by atoms with Gasteiger partial charge in [0.05, 0.1) is 19.1 Å². The van der Waals surface area contributed by atoms with Crippen LogP contribution >= 0.6 is 0 Å². The van der Waals surface area contributed by atoms with Crippen molar-refractivity contribution in [3.63, 3.8) is 0 Å². The Labute approximate surface area is 144 Å². The van der Waals surface area contributed by atoms with Crippen molar-refractivity contribution in [3.05, 3.63) is 77.9 Å². The first-order valence-electron chi connectivity index (χ1n) is 8.64. The third-order valence-corrected chi connectivity index (χ3v) is 4.62. The summed E-state index contributed by atoms with van der Waals surface area (Å²) < 4.78 is 0. The third kappa shape index (κ3) is 4.33. The van der Waals surface area contributed by atoms with E-state index < -0.39 is 0 Å². The number of hydrogen-bond acceptors (Lipinski definition) is 1. The van der Waals surface area contributed by atoms with E-state index in [4.69, 9.17) is 0 Å². The average molecular weight is 321 g/mol. The molecular formula is C21H25N2O+.